The number of aromatic nitrogens is 1. The summed E-state index contributed by atoms with van der Waals surface area (Å²) in [7, 11) is 0. The first-order chi connectivity index (χ1) is 11.7. The lowest BCUT2D eigenvalue weighted by molar-refractivity contribution is -0.134. The third-order valence-corrected chi connectivity index (χ3v) is 3.90. The molecular formula is C20H15NO3. The zero-order valence-electron chi connectivity index (χ0n) is 13.2. The van der Waals surface area contributed by atoms with Crippen LogP contribution < -0.4 is 4.74 Å². The minimum absolute atomic E-state index is 0.275. The quantitative estimate of drug-likeness (QED) is 0.396. The highest BCUT2D eigenvalue weighted by Gasteiger charge is 2.12. The molecule has 0 atom stereocenters. The van der Waals surface area contributed by atoms with Crippen LogP contribution in [-0.4, -0.2) is 11.0 Å². The fourth-order valence-electron chi connectivity index (χ4n) is 2.70. The SMILES string of the molecule is CCC(=O)Oc1ccc2nc(-c3cccc4ccccc34)oc2c1. The predicted molar refractivity (Wildman–Crippen MR) is 92.9 cm³/mol. The highest BCUT2D eigenvalue weighted by Crippen LogP contribution is 2.31. The van der Waals surface area contributed by atoms with Gasteiger partial charge in [-0.05, 0) is 29.0 Å². The minimum Gasteiger partial charge on any atom is -0.436 e. The second-order valence-electron chi connectivity index (χ2n) is 5.50. The van der Waals surface area contributed by atoms with Crippen LogP contribution in [0.3, 0.4) is 0 Å². The number of benzene rings is 3. The molecule has 0 saturated heterocycles. The molecule has 4 aromatic rings. The van der Waals surface area contributed by atoms with Crippen LogP contribution in [0.5, 0.6) is 5.75 Å². The second-order valence-corrected chi connectivity index (χ2v) is 5.50. The normalized spacial score (nSPS) is 11.0. The Morgan fingerprint density at radius 2 is 1.92 bits per heavy atom. The first-order valence-corrected chi connectivity index (χ1v) is 7.84. The van der Waals surface area contributed by atoms with Crippen molar-refractivity contribution in [2.24, 2.45) is 0 Å². The van der Waals surface area contributed by atoms with Gasteiger partial charge in [0.05, 0.1) is 0 Å². The van der Waals surface area contributed by atoms with Crippen molar-refractivity contribution in [1.82, 2.24) is 4.98 Å². The average Bonchev–Trinajstić information content (AvgIpc) is 3.04. The number of rotatable bonds is 3. The molecule has 0 N–H and O–H groups in total. The van der Waals surface area contributed by atoms with Crippen molar-refractivity contribution >= 4 is 27.8 Å². The molecule has 0 spiro atoms. The van der Waals surface area contributed by atoms with Gasteiger partial charge in [0, 0.05) is 18.1 Å². The van der Waals surface area contributed by atoms with Gasteiger partial charge in [-0.15, -0.1) is 0 Å². The molecule has 4 rings (SSSR count). The van der Waals surface area contributed by atoms with Gasteiger partial charge >= 0.3 is 5.97 Å². The van der Waals surface area contributed by atoms with E-state index in [0.29, 0.717) is 23.6 Å². The first kappa shape index (κ1) is 14.5. The number of hydrogen-bond acceptors (Lipinski definition) is 4. The number of oxazole rings is 1. The molecule has 0 saturated carbocycles. The summed E-state index contributed by atoms with van der Waals surface area (Å²) < 4.78 is 11.1. The highest BCUT2D eigenvalue weighted by molar-refractivity contribution is 5.95. The molecule has 3 aromatic carbocycles. The van der Waals surface area contributed by atoms with E-state index in [4.69, 9.17) is 9.15 Å². The number of carbonyl (C=O) groups excluding carboxylic acids is 1. The largest absolute Gasteiger partial charge is 0.436 e. The Hall–Kier alpha value is -3.14. The van der Waals surface area contributed by atoms with Crippen LogP contribution in [0.1, 0.15) is 13.3 Å². The number of hydrogen-bond donors (Lipinski definition) is 0. The smallest absolute Gasteiger partial charge is 0.310 e. The molecule has 4 heteroatoms. The van der Waals surface area contributed by atoms with E-state index in [0.717, 1.165) is 21.9 Å². The summed E-state index contributed by atoms with van der Waals surface area (Å²) in [5.41, 5.74) is 2.27. The van der Waals surface area contributed by atoms with E-state index in [9.17, 15) is 4.79 Å². The molecule has 0 aliphatic rings. The summed E-state index contributed by atoms with van der Waals surface area (Å²) in [6, 6.07) is 19.4. The van der Waals surface area contributed by atoms with Crippen LogP contribution >= 0.6 is 0 Å². The molecule has 24 heavy (non-hydrogen) atoms. The van der Waals surface area contributed by atoms with Gasteiger partial charge in [-0.25, -0.2) is 4.98 Å². The van der Waals surface area contributed by atoms with E-state index in [2.05, 4.69) is 17.1 Å². The Labute approximate surface area is 138 Å². The number of ether oxygens (including phenoxy) is 1. The second kappa shape index (κ2) is 5.81. The first-order valence-electron chi connectivity index (χ1n) is 7.84. The Bertz CT molecular complexity index is 1040. The summed E-state index contributed by atoms with van der Waals surface area (Å²) in [5.74, 6) is 0.749. The molecule has 4 nitrogen and oxygen atoms in total. The maximum atomic E-state index is 11.4. The monoisotopic (exact) mass is 317 g/mol. The van der Waals surface area contributed by atoms with Crippen LogP contribution in [0.2, 0.25) is 0 Å². The van der Waals surface area contributed by atoms with E-state index < -0.39 is 0 Å². The van der Waals surface area contributed by atoms with Crippen molar-refractivity contribution in [2.75, 3.05) is 0 Å². The van der Waals surface area contributed by atoms with E-state index in [-0.39, 0.29) is 5.97 Å². The molecule has 0 amide bonds. The maximum absolute atomic E-state index is 11.4. The topological polar surface area (TPSA) is 52.3 Å². The fourth-order valence-corrected chi connectivity index (χ4v) is 2.70. The highest BCUT2D eigenvalue weighted by atomic mass is 16.5. The molecule has 1 heterocycles. The van der Waals surface area contributed by atoms with Crippen LogP contribution in [0, 0.1) is 0 Å². The third kappa shape index (κ3) is 2.52. The summed E-state index contributed by atoms with van der Waals surface area (Å²) in [6.07, 6.45) is 0.329. The van der Waals surface area contributed by atoms with E-state index in [1.807, 2.05) is 30.3 Å². The van der Waals surface area contributed by atoms with Gasteiger partial charge in [-0.1, -0.05) is 43.3 Å². The lowest BCUT2D eigenvalue weighted by Gasteiger charge is -2.02. The lowest BCUT2D eigenvalue weighted by Crippen LogP contribution is -2.05. The van der Waals surface area contributed by atoms with Crippen molar-refractivity contribution in [1.29, 1.82) is 0 Å². The van der Waals surface area contributed by atoms with Gasteiger partial charge in [-0.2, -0.15) is 0 Å². The molecule has 118 valence electrons. The molecule has 0 aliphatic heterocycles. The zero-order valence-corrected chi connectivity index (χ0v) is 13.2. The van der Waals surface area contributed by atoms with Crippen molar-refractivity contribution in [3.05, 3.63) is 60.7 Å². The summed E-state index contributed by atoms with van der Waals surface area (Å²) in [4.78, 5) is 16.0. The third-order valence-electron chi connectivity index (χ3n) is 3.90. The van der Waals surface area contributed by atoms with Crippen LogP contribution in [0.25, 0.3) is 33.3 Å². The molecular weight excluding hydrogens is 302 g/mol. The van der Waals surface area contributed by atoms with Gasteiger partial charge in [0.1, 0.15) is 11.3 Å². The number of carbonyl (C=O) groups is 1. The van der Waals surface area contributed by atoms with Gasteiger partial charge in [-0.3, -0.25) is 4.79 Å². The van der Waals surface area contributed by atoms with E-state index >= 15 is 0 Å². The molecule has 0 unspecified atom stereocenters. The van der Waals surface area contributed by atoms with Crippen LogP contribution in [-0.2, 0) is 4.79 Å². The number of esters is 1. The summed E-state index contributed by atoms with van der Waals surface area (Å²) in [6.45, 7) is 1.76. The molecule has 0 fully saturated rings. The summed E-state index contributed by atoms with van der Waals surface area (Å²) in [5, 5.41) is 2.22. The fraction of sp³-hybridized carbons (Fsp3) is 0.100. The predicted octanol–water partition coefficient (Wildman–Crippen LogP) is 4.96. The van der Waals surface area contributed by atoms with Crippen LogP contribution in [0.4, 0.5) is 0 Å². The van der Waals surface area contributed by atoms with Crippen molar-refractivity contribution < 1.29 is 13.9 Å². The molecule has 0 aliphatic carbocycles. The zero-order chi connectivity index (χ0) is 16.5. The van der Waals surface area contributed by atoms with Crippen molar-refractivity contribution in [3.8, 4) is 17.2 Å². The number of nitrogens with zero attached hydrogens (tertiary/aromatic N) is 1. The molecule has 1 aromatic heterocycles. The van der Waals surface area contributed by atoms with Crippen molar-refractivity contribution in [2.45, 2.75) is 13.3 Å². The van der Waals surface area contributed by atoms with E-state index in [1.54, 1.807) is 25.1 Å². The van der Waals surface area contributed by atoms with Gasteiger partial charge in [0.15, 0.2) is 5.58 Å². The Morgan fingerprint density at radius 3 is 2.79 bits per heavy atom. The van der Waals surface area contributed by atoms with Crippen molar-refractivity contribution in [3.63, 3.8) is 0 Å². The Kier molecular flexibility index (Phi) is 3.50. The van der Waals surface area contributed by atoms with E-state index in [1.165, 1.54) is 0 Å². The summed E-state index contributed by atoms with van der Waals surface area (Å²) >= 11 is 0. The van der Waals surface area contributed by atoms with Gasteiger partial charge < -0.3 is 9.15 Å². The Balaban J connectivity index is 1.81. The Morgan fingerprint density at radius 1 is 1.08 bits per heavy atom. The number of fused-ring (bicyclic) bond motifs is 2. The van der Waals surface area contributed by atoms with Gasteiger partial charge in [0.2, 0.25) is 5.89 Å². The molecule has 0 radical (unpaired) electrons. The lowest BCUT2D eigenvalue weighted by atomic mass is 10.0. The minimum atomic E-state index is -0.275. The maximum Gasteiger partial charge on any atom is 0.310 e. The standard InChI is InChI=1S/C20H15NO3/c1-2-19(22)23-14-10-11-17-18(12-14)24-20(21-17)16-9-5-7-13-6-3-4-8-15(13)16/h3-12H,2H2,1H3. The van der Waals surface area contributed by atoms with Gasteiger partial charge in [0.25, 0.3) is 0 Å². The van der Waals surface area contributed by atoms with Crippen LogP contribution in [0.15, 0.2) is 65.1 Å². The molecule has 0 bridgehead atoms. The average molecular weight is 317 g/mol.